The van der Waals surface area contributed by atoms with E-state index in [4.69, 9.17) is 16.7 Å². The number of carbonyl (C=O) groups is 3. The summed E-state index contributed by atoms with van der Waals surface area (Å²) < 4.78 is 0. The van der Waals surface area contributed by atoms with E-state index in [1.165, 1.54) is 0 Å². The molecule has 0 aliphatic rings. The molecule has 0 atom stereocenters. The Morgan fingerprint density at radius 3 is 2.53 bits per heavy atom. The number of carbonyl (C=O) groups excluding carboxylic acids is 2. The summed E-state index contributed by atoms with van der Waals surface area (Å²) in [4.78, 5) is 32.8. The number of amides is 3. The second-order valence-corrected chi connectivity index (χ2v) is 4.01. The van der Waals surface area contributed by atoms with E-state index in [1.54, 1.807) is 25.1 Å². The first-order valence-corrected chi connectivity index (χ1v) is 5.55. The number of halogens is 1. The fourth-order valence-electron chi connectivity index (χ4n) is 1.22. The van der Waals surface area contributed by atoms with E-state index in [0.717, 1.165) is 11.6 Å². The lowest BCUT2D eigenvalue weighted by atomic mass is 10.2. The van der Waals surface area contributed by atoms with Gasteiger partial charge in [0.2, 0.25) is 0 Å². The third kappa shape index (κ3) is 5.22. The molecule has 19 heavy (non-hydrogen) atoms. The highest BCUT2D eigenvalue weighted by Gasteiger charge is 2.07. The topological polar surface area (TPSA) is 95.5 Å². The fraction of sp³-hybridized carbons (Fsp3) is 0.0833. The number of hydrogen-bond donors (Lipinski definition) is 3. The van der Waals surface area contributed by atoms with Gasteiger partial charge in [0, 0.05) is 22.9 Å². The first-order chi connectivity index (χ1) is 8.88. The largest absolute Gasteiger partial charge is 0.478 e. The number of nitrogens with one attached hydrogen (secondary N) is 2. The number of urea groups is 1. The number of rotatable bonds is 3. The molecule has 1 rings (SSSR count). The van der Waals surface area contributed by atoms with Crippen LogP contribution in [0.1, 0.15) is 5.56 Å². The van der Waals surface area contributed by atoms with Crippen LogP contribution in [0.25, 0.3) is 0 Å². The van der Waals surface area contributed by atoms with Crippen molar-refractivity contribution in [2.75, 3.05) is 5.32 Å². The molecule has 0 saturated heterocycles. The summed E-state index contributed by atoms with van der Waals surface area (Å²) >= 11 is 5.76. The number of carboxylic acids is 1. The lowest BCUT2D eigenvalue weighted by Gasteiger charge is -2.08. The molecular weight excluding hydrogens is 272 g/mol. The van der Waals surface area contributed by atoms with Crippen molar-refractivity contribution in [1.29, 1.82) is 0 Å². The Bertz CT molecular complexity index is 555. The number of aryl methyl sites for hydroxylation is 1. The molecule has 0 bridgehead atoms. The van der Waals surface area contributed by atoms with Crippen molar-refractivity contribution in [1.82, 2.24) is 5.32 Å². The van der Waals surface area contributed by atoms with Crippen LogP contribution in [-0.2, 0) is 9.59 Å². The van der Waals surface area contributed by atoms with Crippen LogP contribution >= 0.6 is 11.6 Å². The minimum atomic E-state index is -1.27. The molecule has 100 valence electrons. The Morgan fingerprint density at radius 1 is 1.26 bits per heavy atom. The van der Waals surface area contributed by atoms with Gasteiger partial charge in [-0.25, -0.2) is 9.59 Å². The van der Waals surface area contributed by atoms with Crippen LogP contribution in [-0.4, -0.2) is 23.0 Å². The minimum Gasteiger partial charge on any atom is -0.478 e. The second kappa shape index (κ2) is 6.55. The van der Waals surface area contributed by atoms with Gasteiger partial charge in [0.05, 0.1) is 0 Å². The van der Waals surface area contributed by atoms with Crippen LogP contribution in [0.2, 0.25) is 5.02 Å². The van der Waals surface area contributed by atoms with Gasteiger partial charge in [-0.3, -0.25) is 10.1 Å². The van der Waals surface area contributed by atoms with Crippen LogP contribution < -0.4 is 10.6 Å². The Hall–Kier alpha value is -2.34. The van der Waals surface area contributed by atoms with Crippen molar-refractivity contribution in [3.63, 3.8) is 0 Å². The average molecular weight is 283 g/mol. The molecule has 0 unspecified atom stereocenters. The van der Waals surface area contributed by atoms with Gasteiger partial charge in [-0.2, -0.15) is 0 Å². The highest BCUT2D eigenvalue weighted by Crippen LogP contribution is 2.19. The first kappa shape index (κ1) is 14.7. The van der Waals surface area contributed by atoms with Crippen LogP contribution in [0.3, 0.4) is 0 Å². The zero-order valence-corrected chi connectivity index (χ0v) is 10.7. The molecule has 1 aromatic rings. The maximum Gasteiger partial charge on any atom is 0.328 e. The summed E-state index contributed by atoms with van der Waals surface area (Å²) in [6.45, 7) is 1.74. The summed E-state index contributed by atoms with van der Waals surface area (Å²) in [5.74, 6) is -2.10. The van der Waals surface area contributed by atoms with Crippen molar-refractivity contribution >= 4 is 35.2 Å². The van der Waals surface area contributed by atoms with Gasteiger partial charge in [-0.05, 0) is 30.7 Å². The van der Waals surface area contributed by atoms with Crippen molar-refractivity contribution < 1.29 is 19.5 Å². The molecule has 0 aromatic heterocycles. The molecule has 0 aliphatic carbocycles. The molecular formula is C12H11ClN2O4. The number of benzene rings is 1. The number of carboxylic acid groups (broad SMARTS) is 1. The normalized spacial score (nSPS) is 10.2. The van der Waals surface area contributed by atoms with Crippen LogP contribution in [0, 0.1) is 6.92 Å². The van der Waals surface area contributed by atoms with Crippen LogP contribution in [0.4, 0.5) is 10.5 Å². The van der Waals surface area contributed by atoms with Gasteiger partial charge < -0.3 is 10.4 Å². The third-order valence-electron chi connectivity index (χ3n) is 2.05. The van der Waals surface area contributed by atoms with E-state index in [9.17, 15) is 14.4 Å². The number of hydrogen-bond acceptors (Lipinski definition) is 3. The van der Waals surface area contributed by atoms with Gasteiger partial charge in [0.25, 0.3) is 5.91 Å². The van der Waals surface area contributed by atoms with Crippen LogP contribution in [0.15, 0.2) is 30.4 Å². The molecule has 3 N–H and O–H groups in total. The standard InChI is InChI=1S/C12H11ClN2O4/c1-7-6-8(13)2-3-9(7)14-12(19)15-10(16)4-5-11(17)18/h2-6H,1H3,(H,17,18)(H2,14,15,16,19)/b5-4+. The molecule has 0 heterocycles. The fourth-order valence-corrected chi connectivity index (χ4v) is 1.45. The van der Waals surface area contributed by atoms with Crippen molar-refractivity contribution in [2.24, 2.45) is 0 Å². The summed E-state index contributed by atoms with van der Waals surface area (Å²) in [6.07, 6.45) is 1.38. The van der Waals surface area contributed by atoms with E-state index in [-0.39, 0.29) is 0 Å². The second-order valence-electron chi connectivity index (χ2n) is 3.57. The van der Waals surface area contributed by atoms with E-state index < -0.39 is 17.9 Å². The Labute approximate surface area is 114 Å². The molecule has 0 aliphatic heterocycles. The van der Waals surface area contributed by atoms with E-state index in [1.807, 2.05) is 5.32 Å². The van der Waals surface area contributed by atoms with Crippen molar-refractivity contribution in [2.45, 2.75) is 6.92 Å². The van der Waals surface area contributed by atoms with E-state index in [0.29, 0.717) is 16.8 Å². The molecule has 3 amide bonds. The molecule has 6 nitrogen and oxygen atoms in total. The summed E-state index contributed by atoms with van der Waals surface area (Å²) in [7, 11) is 0. The first-order valence-electron chi connectivity index (χ1n) is 5.17. The Balaban J connectivity index is 2.60. The molecule has 1 aromatic carbocycles. The molecule has 0 spiro atoms. The van der Waals surface area contributed by atoms with E-state index in [2.05, 4.69) is 5.32 Å². The highest BCUT2D eigenvalue weighted by molar-refractivity contribution is 6.30. The quantitative estimate of drug-likeness (QED) is 0.738. The predicted molar refractivity (Wildman–Crippen MR) is 70.1 cm³/mol. The highest BCUT2D eigenvalue weighted by atomic mass is 35.5. The summed E-state index contributed by atoms with van der Waals surface area (Å²) in [6, 6.07) is 4.08. The monoisotopic (exact) mass is 282 g/mol. The van der Waals surface area contributed by atoms with Crippen LogP contribution in [0.5, 0.6) is 0 Å². The third-order valence-corrected chi connectivity index (χ3v) is 2.29. The van der Waals surface area contributed by atoms with E-state index >= 15 is 0 Å². The van der Waals surface area contributed by atoms with Crippen molar-refractivity contribution in [3.05, 3.63) is 40.9 Å². The maximum absolute atomic E-state index is 11.4. The van der Waals surface area contributed by atoms with Crippen molar-refractivity contribution in [3.8, 4) is 0 Å². The Kier molecular flexibility index (Phi) is 5.08. The lowest BCUT2D eigenvalue weighted by Crippen LogP contribution is -2.33. The van der Waals surface area contributed by atoms with Gasteiger partial charge in [0.15, 0.2) is 0 Å². The lowest BCUT2D eigenvalue weighted by molar-refractivity contribution is -0.131. The molecule has 7 heteroatoms. The predicted octanol–water partition coefficient (Wildman–Crippen LogP) is 1.94. The zero-order valence-electron chi connectivity index (χ0n) is 9.94. The minimum absolute atomic E-state index is 0.497. The van der Waals surface area contributed by atoms with Gasteiger partial charge in [-0.1, -0.05) is 11.6 Å². The SMILES string of the molecule is Cc1cc(Cl)ccc1NC(=O)NC(=O)/C=C/C(=O)O. The van der Waals surface area contributed by atoms with Gasteiger partial charge >= 0.3 is 12.0 Å². The Morgan fingerprint density at radius 2 is 1.95 bits per heavy atom. The van der Waals surface area contributed by atoms with Gasteiger partial charge in [-0.15, -0.1) is 0 Å². The molecule has 0 saturated carbocycles. The van der Waals surface area contributed by atoms with Gasteiger partial charge in [0.1, 0.15) is 0 Å². The maximum atomic E-state index is 11.4. The smallest absolute Gasteiger partial charge is 0.328 e. The summed E-state index contributed by atoms with van der Waals surface area (Å²) in [5.41, 5.74) is 1.23. The number of anilines is 1. The summed E-state index contributed by atoms with van der Waals surface area (Å²) in [5, 5.41) is 13.2. The molecule has 0 radical (unpaired) electrons. The average Bonchev–Trinajstić information content (AvgIpc) is 2.30. The number of aliphatic carboxylic acids is 1. The number of imide groups is 1. The zero-order chi connectivity index (χ0) is 14.4. The molecule has 0 fully saturated rings.